The molecule has 28 heavy (non-hydrogen) atoms. The van der Waals surface area contributed by atoms with Gasteiger partial charge in [-0.05, 0) is 36.6 Å². The number of hydrazine groups is 1. The van der Waals surface area contributed by atoms with E-state index >= 15 is 0 Å². The molecule has 1 saturated heterocycles. The molecule has 1 fully saturated rings. The highest BCUT2D eigenvalue weighted by Crippen LogP contribution is 2.51. The Morgan fingerprint density at radius 1 is 1.25 bits per heavy atom. The maximum Gasteiger partial charge on any atom is 0.183 e. The zero-order chi connectivity index (χ0) is 19.1. The molecule has 1 atom stereocenters. The van der Waals surface area contributed by atoms with Crippen LogP contribution in [0.4, 0.5) is 0 Å². The first-order valence-electron chi connectivity index (χ1n) is 10.1. The fourth-order valence-corrected chi connectivity index (χ4v) is 5.38. The largest absolute Gasteiger partial charge is 0.493 e. The predicted octanol–water partition coefficient (Wildman–Crippen LogP) is 4.25. The lowest BCUT2D eigenvalue weighted by Gasteiger charge is -2.51. The number of likely N-dealkylation sites (tertiary alicyclic amines) is 1. The molecule has 2 aromatic rings. The number of benzene rings is 1. The van der Waals surface area contributed by atoms with Crippen LogP contribution in [0.1, 0.15) is 42.7 Å². The second-order valence-corrected chi connectivity index (χ2v) is 8.70. The Morgan fingerprint density at radius 3 is 2.82 bits per heavy atom. The third kappa shape index (κ3) is 2.82. The fourth-order valence-electron chi connectivity index (χ4n) is 4.68. The Labute approximate surface area is 170 Å². The molecule has 0 unspecified atom stereocenters. The summed E-state index contributed by atoms with van der Waals surface area (Å²) >= 11 is 1.77. The Kier molecular flexibility index (Phi) is 4.57. The van der Waals surface area contributed by atoms with Crippen molar-refractivity contribution < 1.29 is 9.47 Å². The average molecular weight is 398 g/mol. The quantitative estimate of drug-likeness (QED) is 0.835. The lowest BCUT2D eigenvalue weighted by molar-refractivity contribution is -0.160. The van der Waals surface area contributed by atoms with E-state index in [1.807, 2.05) is 6.07 Å². The van der Waals surface area contributed by atoms with Crippen molar-refractivity contribution in [3.05, 3.63) is 52.2 Å². The number of nitrogens with zero attached hydrogens (tertiary/aromatic N) is 2. The summed E-state index contributed by atoms with van der Waals surface area (Å²) in [6.45, 7) is 5.51. The van der Waals surface area contributed by atoms with Crippen LogP contribution in [0.15, 0.2) is 41.8 Å². The molecule has 1 aromatic carbocycles. The summed E-state index contributed by atoms with van der Waals surface area (Å²) in [5, 5.41) is 4.48. The normalized spacial score (nSPS) is 23.5. The molecule has 0 saturated carbocycles. The molecule has 1 aromatic heterocycles. The number of hydrogen-bond donors (Lipinski definition) is 1. The lowest BCUT2D eigenvalue weighted by atomic mass is 9.92. The number of fused-ring (bicyclic) bond motifs is 4. The molecule has 0 amide bonds. The fraction of sp³-hybridized carbons (Fsp3) is 0.455. The van der Waals surface area contributed by atoms with Gasteiger partial charge in [0, 0.05) is 31.5 Å². The first-order chi connectivity index (χ1) is 13.7. The molecule has 4 heterocycles. The van der Waals surface area contributed by atoms with E-state index in [2.05, 4.69) is 58.0 Å². The number of ether oxygens (including phenoxy) is 2. The Morgan fingerprint density at radius 2 is 2.11 bits per heavy atom. The Hall–Kier alpha value is -2.02. The summed E-state index contributed by atoms with van der Waals surface area (Å²) in [7, 11) is 1.72. The van der Waals surface area contributed by atoms with E-state index in [4.69, 9.17) is 9.47 Å². The molecular weight excluding hydrogens is 370 g/mol. The van der Waals surface area contributed by atoms with Crippen LogP contribution in [0.2, 0.25) is 0 Å². The van der Waals surface area contributed by atoms with Crippen molar-refractivity contribution in [2.24, 2.45) is 0 Å². The van der Waals surface area contributed by atoms with Crippen LogP contribution >= 0.6 is 11.3 Å². The summed E-state index contributed by atoms with van der Waals surface area (Å²) in [6.07, 6.45) is 5.48. The van der Waals surface area contributed by atoms with Gasteiger partial charge in [0.2, 0.25) is 0 Å². The van der Waals surface area contributed by atoms with Crippen molar-refractivity contribution in [3.8, 4) is 11.5 Å². The summed E-state index contributed by atoms with van der Waals surface area (Å²) in [6, 6.07) is 10.6. The number of rotatable bonds is 4. The van der Waals surface area contributed by atoms with Gasteiger partial charge in [0.05, 0.1) is 23.7 Å². The molecule has 0 bridgehead atoms. The van der Waals surface area contributed by atoms with Crippen LogP contribution in [0, 0.1) is 0 Å². The molecule has 5 nitrogen and oxygen atoms in total. The monoisotopic (exact) mass is 397 g/mol. The number of piperidine rings is 1. The minimum absolute atomic E-state index is 0.147. The summed E-state index contributed by atoms with van der Waals surface area (Å²) in [5.74, 6) is 1.73. The van der Waals surface area contributed by atoms with E-state index in [1.165, 1.54) is 22.6 Å². The van der Waals surface area contributed by atoms with E-state index in [9.17, 15) is 0 Å². The van der Waals surface area contributed by atoms with Gasteiger partial charge >= 0.3 is 0 Å². The zero-order valence-corrected chi connectivity index (χ0v) is 17.3. The maximum absolute atomic E-state index is 6.77. The minimum Gasteiger partial charge on any atom is -0.493 e. The van der Waals surface area contributed by atoms with Crippen molar-refractivity contribution in [3.63, 3.8) is 0 Å². The van der Waals surface area contributed by atoms with Gasteiger partial charge in [-0.3, -0.25) is 0 Å². The van der Waals surface area contributed by atoms with Crippen molar-refractivity contribution in [1.29, 1.82) is 0 Å². The first kappa shape index (κ1) is 18.0. The zero-order valence-electron chi connectivity index (χ0n) is 16.5. The van der Waals surface area contributed by atoms with E-state index in [1.54, 1.807) is 18.4 Å². The SMILES string of the molecule is CCCN1CCC2(CC1)Oc1c(OC)cccc1[C@H]1C=C(c3cccs3)NN12. The number of nitrogens with one attached hydrogen (secondary N) is 1. The van der Waals surface area contributed by atoms with E-state index in [-0.39, 0.29) is 11.8 Å². The summed E-state index contributed by atoms with van der Waals surface area (Å²) in [5.41, 5.74) is 5.69. The second-order valence-electron chi connectivity index (χ2n) is 7.75. The predicted molar refractivity (Wildman–Crippen MR) is 112 cm³/mol. The number of para-hydroxylation sites is 1. The van der Waals surface area contributed by atoms with E-state index < -0.39 is 0 Å². The molecule has 1 spiro atoms. The molecule has 6 heteroatoms. The van der Waals surface area contributed by atoms with Gasteiger partial charge in [0.1, 0.15) is 0 Å². The van der Waals surface area contributed by atoms with Gasteiger partial charge in [-0.25, -0.2) is 0 Å². The minimum atomic E-state index is -0.355. The summed E-state index contributed by atoms with van der Waals surface area (Å²) in [4.78, 5) is 3.81. The maximum atomic E-state index is 6.77. The molecule has 0 aliphatic carbocycles. The lowest BCUT2D eigenvalue weighted by Crippen LogP contribution is -2.63. The number of hydrogen-bond acceptors (Lipinski definition) is 6. The Balaban J connectivity index is 1.54. The van der Waals surface area contributed by atoms with Crippen LogP contribution in [-0.4, -0.2) is 42.4 Å². The molecule has 148 valence electrons. The number of thiophene rings is 1. The third-order valence-corrected chi connectivity index (χ3v) is 6.99. The highest BCUT2D eigenvalue weighted by molar-refractivity contribution is 7.11. The molecule has 5 rings (SSSR count). The van der Waals surface area contributed by atoms with Crippen molar-refractivity contribution in [1.82, 2.24) is 15.3 Å². The van der Waals surface area contributed by atoms with Crippen molar-refractivity contribution >= 4 is 17.0 Å². The van der Waals surface area contributed by atoms with Crippen LogP contribution in [0.5, 0.6) is 11.5 Å². The number of methoxy groups -OCH3 is 1. The van der Waals surface area contributed by atoms with Crippen molar-refractivity contribution in [2.45, 2.75) is 38.0 Å². The highest BCUT2D eigenvalue weighted by atomic mass is 32.1. The second kappa shape index (κ2) is 7.10. The molecular formula is C22H27N3O2S. The van der Waals surface area contributed by atoms with Gasteiger partial charge in [0.25, 0.3) is 0 Å². The van der Waals surface area contributed by atoms with E-state index in [0.29, 0.717) is 0 Å². The smallest absolute Gasteiger partial charge is 0.183 e. The molecule has 3 aliphatic rings. The van der Waals surface area contributed by atoms with Crippen LogP contribution in [0.25, 0.3) is 5.70 Å². The first-order valence-corrected chi connectivity index (χ1v) is 11.0. The third-order valence-electron chi connectivity index (χ3n) is 6.09. The van der Waals surface area contributed by atoms with Crippen LogP contribution in [0.3, 0.4) is 0 Å². The molecule has 3 aliphatic heterocycles. The topological polar surface area (TPSA) is 37.0 Å². The molecule has 1 N–H and O–H groups in total. The average Bonchev–Trinajstić information content (AvgIpc) is 3.40. The molecule has 0 radical (unpaired) electrons. The van der Waals surface area contributed by atoms with Crippen LogP contribution < -0.4 is 14.9 Å². The van der Waals surface area contributed by atoms with Gasteiger partial charge in [-0.15, -0.1) is 11.3 Å². The Bertz CT molecular complexity index is 872. The van der Waals surface area contributed by atoms with E-state index in [0.717, 1.165) is 44.0 Å². The van der Waals surface area contributed by atoms with Gasteiger partial charge in [0.15, 0.2) is 17.2 Å². The van der Waals surface area contributed by atoms with Gasteiger partial charge in [-0.1, -0.05) is 25.1 Å². The van der Waals surface area contributed by atoms with Gasteiger partial charge in [-0.2, -0.15) is 5.01 Å². The summed E-state index contributed by atoms with van der Waals surface area (Å²) < 4.78 is 12.4. The standard InChI is InChI=1S/C22H27N3O2S/c1-3-11-24-12-9-22(10-13-24)25-18(15-17(23-25)20-8-5-14-28-20)16-6-4-7-19(26-2)21(16)27-22/h4-8,14-15,18,23H,3,9-13H2,1-2H3/t18-/m1/s1. The highest BCUT2D eigenvalue weighted by Gasteiger charge is 2.52. The van der Waals surface area contributed by atoms with Gasteiger partial charge < -0.3 is 19.8 Å². The van der Waals surface area contributed by atoms with Crippen LogP contribution in [-0.2, 0) is 0 Å². The van der Waals surface area contributed by atoms with Crippen molar-refractivity contribution in [2.75, 3.05) is 26.7 Å².